The zero-order valence-corrected chi connectivity index (χ0v) is 20.9. The van der Waals surface area contributed by atoms with Gasteiger partial charge in [-0.3, -0.25) is 14.5 Å². The van der Waals surface area contributed by atoms with Gasteiger partial charge in [0.2, 0.25) is 0 Å². The maximum absolute atomic E-state index is 13.5. The minimum atomic E-state index is -1.58. The predicted molar refractivity (Wildman–Crippen MR) is 143 cm³/mol. The lowest BCUT2D eigenvalue weighted by Gasteiger charge is -2.34. The van der Waals surface area contributed by atoms with Crippen LogP contribution in [-0.4, -0.2) is 21.7 Å². The number of rotatable bonds is 5. The van der Waals surface area contributed by atoms with Crippen LogP contribution < -0.4 is 0 Å². The second-order valence-electron chi connectivity index (χ2n) is 8.68. The van der Waals surface area contributed by atoms with E-state index in [0.717, 1.165) is 11.1 Å². The highest BCUT2D eigenvalue weighted by Crippen LogP contribution is 2.46. The lowest BCUT2D eigenvalue weighted by Crippen LogP contribution is -2.43. The highest BCUT2D eigenvalue weighted by molar-refractivity contribution is 6.09. The van der Waals surface area contributed by atoms with E-state index in [1.165, 1.54) is 4.90 Å². The highest BCUT2D eigenvalue weighted by atomic mass is 16.3. The molecule has 0 spiro atoms. The summed E-state index contributed by atoms with van der Waals surface area (Å²) in [7, 11) is 0. The van der Waals surface area contributed by atoms with Crippen molar-refractivity contribution >= 4 is 11.7 Å². The number of hydrogen-bond donors (Lipinski definition) is 1. The molecule has 0 bridgehead atoms. The van der Waals surface area contributed by atoms with Gasteiger partial charge in [0.1, 0.15) is 0 Å². The summed E-state index contributed by atoms with van der Waals surface area (Å²) in [6, 6.07) is 24.0. The molecule has 1 fully saturated rings. The maximum Gasteiger partial charge on any atom is 0.257 e. The fourth-order valence-corrected chi connectivity index (χ4v) is 4.56. The molecule has 182 valence electrons. The van der Waals surface area contributed by atoms with Crippen LogP contribution in [0.1, 0.15) is 52.9 Å². The van der Waals surface area contributed by atoms with Crippen LogP contribution in [0.3, 0.4) is 0 Å². The quantitative estimate of drug-likeness (QED) is 0.442. The van der Waals surface area contributed by atoms with Crippen LogP contribution in [0.5, 0.6) is 0 Å². The van der Waals surface area contributed by atoms with Gasteiger partial charge in [-0.25, -0.2) is 0 Å². The normalized spacial score (nSPS) is 18.4. The van der Waals surface area contributed by atoms with E-state index < -0.39 is 5.72 Å². The van der Waals surface area contributed by atoms with E-state index >= 15 is 0 Å². The summed E-state index contributed by atoms with van der Waals surface area (Å²) in [5.41, 5.74) is 3.30. The summed E-state index contributed by atoms with van der Waals surface area (Å²) in [6.07, 6.45) is 8.19. The number of aryl methyl sites for hydroxylation is 1. The molecular formula is C32H31NO3. The van der Waals surface area contributed by atoms with Crippen molar-refractivity contribution in [2.45, 2.75) is 39.5 Å². The second-order valence-corrected chi connectivity index (χ2v) is 8.68. The van der Waals surface area contributed by atoms with Crippen LogP contribution >= 0.6 is 0 Å². The largest absolute Gasteiger partial charge is 0.363 e. The number of fused-ring (bicyclic) bond motifs is 1. The summed E-state index contributed by atoms with van der Waals surface area (Å²) in [5, 5.41) is 12.1. The summed E-state index contributed by atoms with van der Waals surface area (Å²) in [5.74, 6) is -0.257. The van der Waals surface area contributed by atoms with Crippen LogP contribution in [0.25, 0.3) is 0 Å². The lowest BCUT2D eigenvalue weighted by atomic mass is 9.91. The Balaban J connectivity index is 0.00000148. The number of aliphatic hydroxyl groups is 1. The van der Waals surface area contributed by atoms with Gasteiger partial charge < -0.3 is 5.11 Å². The topological polar surface area (TPSA) is 57.6 Å². The molecule has 5 rings (SSSR count). The highest BCUT2D eigenvalue weighted by Gasteiger charge is 2.52. The zero-order chi connectivity index (χ0) is 25.7. The molecule has 4 nitrogen and oxygen atoms in total. The van der Waals surface area contributed by atoms with E-state index in [1.54, 1.807) is 24.3 Å². The minimum absolute atomic E-state index is 0.0510. The van der Waals surface area contributed by atoms with Gasteiger partial charge in [0, 0.05) is 34.4 Å². The Morgan fingerprint density at radius 2 is 1.56 bits per heavy atom. The van der Waals surface area contributed by atoms with E-state index in [9.17, 15) is 14.7 Å². The Morgan fingerprint density at radius 3 is 2.22 bits per heavy atom. The fourth-order valence-electron chi connectivity index (χ4n) is 4.56. The molecule has 1 aliphatic heterocycles. The van der Waals surface area contributed by atoms with Crippen molar-refractivity contribution in [3.63, 3.8) is 0 Å². The van der Waals surface area contributed by atoms with E-state index in [-0.39, 0.29) is 18.2 Å². The third-order valence-electron chi connectivity index (χ3n) is 6.44. The minimum Gasteiger partial charge on any atom is -0.363 e. The zero-order valence-electron chi connectivity index (χ0n) is 20.9. The van der Waals surface area contributed by atoms with Crippen molar-refractivity contribution < 1.29 is 14.7 Å². The Morgan fingerprint density at radius 1 is 0.917 bits per heavy atom. The summed E-state index contributed by atoms with van der Waals surface area (Å²) >= 11 is 0. The van der Waals surface area contributed by atoms with Crippen molar-refractivity contribution in [3.8, 4) is 0 Å². The molecule has 36 heavy (non-hydrogen) atoms. The average Bonchev–Trinajstić information content (AvgIpc) is 3.09. The summed E-state index contributed by atoms with van der Waals surface area (Å²) in [6.45, 7) is 6.20. The molecule has 1 amide bonds. The molecule has 1 unspecified atom stereocenters. The first kappa shape index (κ1) is 25.1. The van der Waals surface area contributed by atoms with Gasteiger partial charge in [-0.2, -0.15) is 0 Å². The Bertz CT molecular complexity index is 1330. The number of carbonyl (C=O) groups excluding carboxylic acids is 2. The monoisotopic (exact) mass is 477 g/mol. The van der Waals surface area contributed by atoms with Gasteiger partial charge in [0.15, 0.2) is 11.5 Å². The van der Waals surface area contributed by atoms with Gasteiger partial charge in [0.05, 0.1) is 0 Å². The van der Waals surface area contributed by atoms with Crippen LogP contribution in [0.15, 0.2) is 114 Å². The Kier molecular flexibility index (Phi) is 7.47. The Hall–Kier alpha value is -4.02. The first-order valence-corrected chi connectivity index (χ1v) is 12.4. The molecule has 1 heterocycles. The first-order chi connectivity index (χ1) is 17.5. The molecule has 1 aliphatic carbocycles. The maximum atomic E-state index is 13.5. The molecule has 3 aromatic carbocycles. The van der Waals surface area contributed by atoms with Gasteiger partial charge in [0.25, 0.3) is 5.91 Å². The molecular weight excluding hydrogens is 446 g/mol. The van der Waals surface area contributed by atoms with Gasteiger partial charge >= 0.3 is 0 Å². The van der Waals surface area contributed by atoms with Crippen LogP contribution in [0.4, 0.5) is 0 Å². The average molecular weight is 478 g/mol. The third kappa shape index (κ3) is 4.60. The number of hydrogen-bond acceptors (Lipinski definition) is 3. The van der Waals surface area contributed by atoms with E-state index in [1.807, 2.05) is 99.7 Å². The number of benzene rings is 3. The van der Waals surface area contributed by atoms with Crippen LogP contribution in [0.2, 0.25) is 0 Å². The fraction of sp³-hybridized carbons (Fsp3) is 0.188. The number of carbonyl (C=O) groups is 2. The molecule has 4 heteroatoms. The first-order valence-electron chi connectivity index (χ1n) is 12.4. The second kappa shape index (κ2) is 10.7. The Labute approximate surface area is 212 Å². The van der Waals surface area contributed by atoms with E-state index in [0.29, 0.717) is 34.3 Å². The van der Waals surface area contributed by atoms with E-state index in [2.05, 4.69) is 0 Å². The molecule has 0 aromatic heterocycles. The molecule has 3 aromatic rings. The SMILES string of the molecule is CC.Cc1ccc(C2(O)C3=CC=CCC=C3C(=O)N2Cc2ccc(C(=O)c3ccccc3)cc2)cc1. The van der Waals surface area contributed by atoms with Crippen molar-refractivity contribution in [2.75, 3.05) is 0 Å². The molecule has 0 radical (unpaired) electrons. The molecule has 1 atom stereocenters. The number of allylic oxidation sites excluding steroid dienone is 4. The molecule has 1 saturated heterocycles. The van der Waals surface area contributed by atoms with Gasteiger partial charge in [-0.1, -0.05) is 123 Å². The number of ketones is 1. The number of likely N-dealkylation sites (tertiary alicyclic amines) is 1. The van der Waals surface area contributed by atoms with Gasteiger partial charge in [-0.15, -0.1) is 0 Å². The van der Waals surface area contributed by atoms with Crippen LogP contribution in [0, 0.1) is 6.92 Å². The standard InChI is InChI=1S/C30H25NO3.C2H6/c1-21-12-18-25(19-13-21)30(34)27-11-7-3-6-10-26(27)29(33)31(30)20-22-14-16-24(17-15-22)28(32)23-8-4-2-5-9-23;1-2/h2-5,7-19,34H,6,20H2,1H3;1-2H3. The lowest BCUT2D eigenvalue weighted by molar-refractivity contribution is -0.143. The summed E-state index contributed by atoms with van der Waals surface area (Å²) in [4.78, 5) is 27.8. The van der Waals surface area contributed by atoms with Crippen LogP contribution in [-0.2, 0) is 17.1 Å². The molecule has 2 aliphatic rings. The van der Waals surface area contributed by atoms with Crippen molar-refractivity contribution in [1.29, 1.82) is 0 Å². The predicted octanol–water partition coefficient (Wildman–Crippen LogP) is 6.25. The number of amides is 1. The van der Waals surface area contributed by atoms with Crippen molar-refractivity contribution in [1.82, 2.24) is 4.90 Å². The third-order valence-corrected chi connectivity index (χ3v) is 6.44. The molecule has 0 saturated carbocycles. The van der Waals surface area contributed by atoms with Crippen molar-refractivity contribution in [2.24, 2.45) is 0 Å². The summed E-state index contributed by atoms with van der Waals surface area (Å²) < 4.78 is 0. The van der Waals surface area contributed by atoms with Gasteiger partial charge in [-0.05, 0) is 18.9 Å². The number of nitrogens with zero attached hydrogens (tertiary/aromatic N) is 1. The smallest absolute Gasteiger partial charge is 0.257 e. The van der Waals surface area contributed by atoms with E-state index in [4.69, 9.17) is 0 Å². The molecule has 1 N–H and O–H groups in total. The van der Waals surface area contributed by atoms with Crippen molar-refractivity contribution in [3.05, 3.63) is 142 Å².